The number of hydrogen-bond donors (Lipinski definition) is 0. The third-order valence-electron chi connectivity index (χ3n) is 1.95. The van der Waals surface area contributed by atoms with Crippen LogP contribution in [-0.2, 0) is 9.53 Å². The van der Waals surface area contributed by atoms with Gasteiger partial charge in [0.1, 0.15) is 0 Å². The van der Waals surface area contributed by atoms with Crippen molar-refractivity contribution in [2.24, 2.45) is 0 Å². The Morgan fingerprint density at radius 1 is 1.55 bits per heavy atom. The van der Waals surface area contributed by atoms with Gasteiger partial charge in [0.2, 0.25) is 0 Å². The summed E-state index contributed by atoms with van der Waals surface area (Å²) in [5, 5.41) is 0. The topological polar surface area (TPSA) is 29.5 Å². The van der Waals surface area contributed by atoms with Crippen molar-refractivity contribution in [1.82, 2.24) is 4.90 Å². The van der Waals surface area contributed by atoms with E-state index in [0.717, 1.165) is 19.4 Å². The highest BCUT2D eigenvalue weighted by molar-refractivity contribution is 5.55. The van der Waals surface area contributed by atoms with Crippen molar-refractivity contribution in [1.29, 1.82) is 0 Å². The maximum absolute atomic E-state index is 10.5. The molecule has 0 radical (unpaired) electrons. The number of carbonyl (C=O) groups is 1. The Hall–Kier alpha value is -0.410. The largest absolute Gasteiger partial charge is 0.356 e. The summed E-state index contributed by atoms with van der Waals surface area (Å²) in [6.45, 7) is 4.53. The Morgan fingerprint density at radius 3 is 2.64 bits per heavy atom. The summed E-state index contributed by atoms with van der Waals surface area (Å²) in [7, 11) is 0. The van der Waals surface area contributed by atoms with Crippen molar-refractivity contribution in [2.45, 2.75) is 26.0 Å². The van der Waals surface area contributed by atoms with E-state index >= 15 is 0 Å². The van der Waals surface area contributed by atoms with Gasteiger partial charge in [-0.25, -0.2) is 0 Å². The number of ether oxygens (including phenoxy) is 1. The minimum Gasteiger partial charge on any atom is -0.356 e. The van der Waals surface area contributed by atoms with Crippen molar-refractivity contribution in [2.75, 3.05) is 19.7 Å². The summed E-state index contributed by atoms with van der Waals surface area (Å²) in [6, 6.07) is 0. The Balaban J connectivity index is 2.33. The van der Waals surface area contributed by atoms with E-state index in [1.165, 1.54) is 12.8 Å². The lowest BCUT2D eigenvalue weighted by molar-refractivity contribution is -0.129. The SMILES string of the molecule is CCOC(C=O)N1CCCC1. The standard InChI is InChI=1S/C8H15NO2/c1-2-11-8(7-10)9-5-3-4-6-9/h7-8H,2-6H2,1H3. The van der Waals surface area contributed by atoms with E-state index < -0.39 is 0 Å². The van der Waals surface area contributed by atoms with Crippen LogP contribution in [0, 0.1) is 0 Å². The molecule has 0 aliphatic carbocycles. The monoisotopic (exact) mass is 157 g/mol. The smallest absolute Gasteiger partial charge is 0.167 e. The predicted octanol–water partition coefficient (Wildman–Crippen LogP) is 0.644. The highest BCUT2D eigenvalue weighted by atomic mass is 16.5. The fourth-order valence-electron chi connectivity index (χ4n) is 1.40. The second-order valence-corrected chi connectivity index (χ2v) is 2.73. The first-order valence-electron chi connectivity index (χ1n) is 4.19. The van der Waals surface area contributed by atoms with Gasteiger partial charge in [-0.3, -0.25) is 9.69 Å². The molecule has 1 aliphatic heterocycles. The molecule has 64 valence electrons. The van der Waals surface area contributed by atoms with Gasteiger partial charge in [-0.15, -0.1) is 0 Å². The Kier molecular flexibility index (Phi) is 3.52. The van der Waals surface area contributed by atoms with Crippen LogP contribution in [0.5, 0.6) is 0 Å². The molecule has 0 saturated carbocycles. The Morgan fingerprint density at radius 2 is 2.18 bits per heavy atom. The van der Waals surface area contributed by atoms with E-state index in [4.69, 9.17) is 4.74 Å². The quantitative estimate of drug-likeness (QED) is 0.561. The maximum atomic E-state index is 10.5. The fraction of sp³-hybridized carbons (Fsp3) is 0.875. The highest BCUT2D eigenvalue weighted by Gasteiger charge is 2.20. The van der Waals surface area contributed by atoms with Gasteiger partial charge in [0.15, 0.2) is 12.5 Å². The van der Waals surface area contributed by atoms with Gasteiger partial charge in [-0.05, 0) is 19.8 Å². The number of rotatable bonds is 4. The number of hydrogen-bond acceptors (Lipinski definition) is 3. The number of nitrogens with zero attached hydrogens (tertiary/aromatic N) is 1. The van der Waals surface area contributed by atoms with Crippen LogP contribution in [-0.4, -0.2) is 37.1 Å². The normalized spacial score (nSPS) is 21.9. The van der Waals surface area contributed by atoms with Crippen molar-refractivity contribution in [3.8, 4) is 0 Å². The van der Waals surface area contributed by atoms with E-state index in [-0.39, 0.29) is 6.23 Å². The predicted molar refractivity (Wildman–Crippen MR) is 42.3 cm³/mol. The van der Waals surface area contributed by atoms with Crippen molar-refractivity contribution in [3.63, 3.8) is 0 Å². The van der Waals surface area contributed by atoms with Gasteiger partial charge in [0, 0.05) is 19.7 Å². The van der Waals surface area contributed by atoms with Gasteiger partial charge >= 0.3 is 0 Å². The molecule has 1 saturated heterocycles. The highest BCUT2D eigenvalue weighted by Crippen LogP contribution is 2.10. The third-order valence-corrected chi connectivity index (χ3v) is 1.95. The van der Waals surface area contributed by atoms with Crippen LogP contribution in [0.3, 0.4) is 0 Å². The molecule has 1 atom stereocenters. The molecule has 1 fully saturated rings. The molecule has 0 amide bonds. The van der Waals surface area contributed by atoms with Crippen LogP contribution in [0.25, 0.3) is 0 Å². The molecule has 3 heteroatoms. The summed E-state index contributed by atoms with van der Waals surface area (Å²) in [5.41, 5.74) is 0. The summed E-state index contributed by atoms with van der Waals surface area (Å²) >= 11 is 0. The molecule has 1 rings (SSSR count). The van der Waals surface area contributed by atoms with E-state index in [9.17, 15) is 4.79 Å². The summed E-state index contributed by atoms with van der Waals surface area (Å²) in [5.74, 6) is 0. The van der Waals surface area contributed by atoms with Crippen LogP contribution in [0.1, 0.15) is 19.8 Å². The molecule has 0 bridgehead atoms. The summed E-state index contributed by atoms with van der Waals surface area (Å²) in [4.78, 5) is 12.6. The zero-order valence-electron chi connectivity index (χ0n) is 6.95. The maximum Gasteiger partial charge on any atom is 0.167 e. The minimum absolute atomic E-state index is 0.289. The van der Waals surface area contributed by atoms with Crippen LogP contribution >= 0.6 is 0 Å². The average molecular weight is 157 g/mol. The second-order valence-electron chi connectivity index (χ2n) is 2.73. The number of carbonyl (C=O) groups excluding carboxylic acids is 1. The molecule has 11 heavy (non-hydrogen) atoms. The molecule has 0 aromatic heterocycles. The van der Waals surface area contributed by atoms with Gasteiger partial charge in [-0.2, -0.15) is 0 Å². The molecule has 3 nitrogen and oxygen atoms in total. The molecular formula is C8H15NO2. The lowest BCUT2D eigenvalue weighted by Gasteiger charge is -2.21. The molecule has 1 unspecified atom stereocenters. The number of aldehydes is 1. The molecule has 0 aromatic carbocycles. The fourth-order valence-corrected chi connectivity index (χ4v) is 1.40. The minimum atomic E-state index is -0.289. The first-order valence-corrected chi connectivity index (χ1v) is 4.19. The van der Waals surface area contributed by atoms with Gasteiger partial charge < -0.3 is 4.74 Å². The van der Waals surface area contributed by atoms with E-state index in [1.807, 2.05) is 6.92 Å². The summed E-state index contributed by atoms with van der Waals surface area (Å²) in [6.07, 6.45) is 2.98. The second kappa shape index (κ2) is 4.46. The lowest BCUT2D eigenvalue weighted by atomic mass is 10.4. The van der Waals surface area contributed by atoms with Crippen molar-refractivity contribution >= 4 is 6.29 Å². The zero-order chi connectivity index (χ0) is 8.10. The zero-order valence-corrected chi connectivity index (χ0v) is 6.95. The first kappa shape index (κ1) is 8.68. The van der Waals surface area contributed by atoms with Crippen LogP contribution in [0.15, 0.2) is 0 Å². The van der Waals surface area contributed by atoms with Crippen LogP contribution < -0.4 is 0 Å². The van der Waals surface area contributed by atoms with Crippen molar-refractivity contribution in [3.05, 3.63) is 0 Å². The average Bonchev–Trinajstić information content (AvgIpc) is 2.52. The van der Waals surface area contributed by atoms with Crippen molar-refractivity contribution < 1.29 is 9.53 Å². The molecule has 1 heterocycles. The van der Waals surface area contributed by atoms with Gasteiger partial charge in [-0.1, -0.05) is 0 Å². The van der Waals surface area contributed by atoms with Crippen LogP contribution in [0.4, 0.5) is 0 Å². The van der Waals surface area contributed by atoms with E-state index in [2.05, 4.69) is 4.90 Å². The Labute approximate surface area is 67.3 Å². The van der Waals surface area contributed by atoms with E-state index in [0.29, 0.717) is 6.61 Å². The molecule has 0 aromatic rings. The van der Waals surface area contributed by atoms with Gasteiger partial charge in [0.25, 0.3) is 0 Å². The molecular weight excluding hydrogens is 142 g/mol. The molecule has 0 N–H and O–H groups in total. The molecule has 0 spiro atoms. The van der Waals surface area contributed by atoms with Crippen LogP contribution in [0.2, 0.25) is 0 Å². The van der Waals surface area contributed by atoms with E-state index in [1.54, 1.807) is 0 Å². The first-order chi connectivity index (χ1) is 5.38. The van der Waals surface area contributed by atoms with Gasteiger partial charge in [0.05, 0.1) is 0 Å². The molecule has 1 aliphatic rings. The third kappa shape index (κ3) is 2.27. The lowest BCUT2D eigenvalue weighted by Crippen LogP contribution is -2.36. The summed E-state index contributed by atoms with van der Waals surface area (Å²) < 4.78 is 5.23. The number of likely N-dealkylation sites (tertiary alicyclic amines) is 1. The Bertz CT molecular complexity index is 121.